The van der Waals surface area contributed by atoms with Gasteiger partial charge in [0.05, 0.1) is 5.60 Å². The van der Waals surface area contributed by atoms with Gasteiger partial charge in [-0.3, -0.25) is 0 Å². The quantitative estimate of drug-likeness (QED) is 0.883. The number of hydrogen-bond donors (Lipinski definition) is 2. The molecular formula is C16H25NO2. The summed E-state index contributed by atoms with van der Waals surface area (Å²) in [5.41, 5.74) is -1.58. The zero-order valence-electron chi connectivity index (χ0n) is 17.2. The van der Waals surface area contributed by atoms with E-state index in [1.807, 2.05) is 0 Å². The van der Waals surface area contributed by atoms with Crippen molar-refractivity contribution in [1.29, 1.82) is 0 Å². The van der Waals surface area contributed by atoms with E-state index in [9.17, 15) is 10.2 Å². The minimum atomic E-state index is -2.77. The van der Waals surface area contributed by atoms with E-state index in [4.69, 9.17) is 8.22 Å². The van der Waals surface area contributed by atoms with Crippen LogP contribution in [0.4, 0.5) is 0 Å². The number of hydrogen-bond acceptors (Lipinski definition) is 3. The fourth-order valence-corrected chi connectivity index (χ4v) is 2.62. The van der Waals surface area contributed by atoms with E-state index >= 15 is 0 Å². The van der Waals surface area contributed by atoms with Crippen molar-refractivity contribution in [3.05, 3.63) is 29.8 Å². The third-order valence-corrected chi connectivity index (χ3v) is 3.58. The van der Waals surface area contributed by atoms with Crippen LogP contribution >= 0.6 is 0 Å². The monoisotopic (exact) mass is 269 g/mol. The molecule has 1 fully saturated rings. The summed E-state index contributed by atoms with van der Waals surface area (Å²) >= 11 is 0. The molecule has 1 unspecified atom stereocenters. The van der Waals surface area contributed by atoms with Crippen molar-refractivity contribution in [2.45, 2.75) is 43.6 Å². The second-order valence-electron chi connectivity index (χ2n) is 5.18. The van der Waals surface area contributed by atoms with Crippen molar-refractivity contribution in [1.82, 2.24) is 4.90 Å². The number of phenolic OH excluding ortho intramolecular Hbond substituents is 1. The van der Waals surface area contributed by atoms with E-state index in [0.29, 0.717) is 17.7 Å². The van der Waals surface area contributed by atoms with Crippen molar-refractivity contribution < 1.29 is 18.4 Å². The van der Waals surface area contributed by atoms with Gasteiger partial charge >= 0.3 is 0 Å². The number of benzene rings is 1. The summed E-state index contributed by atoms with van der Waals surface area (Å²) in [6, 6.07) is 5.38. The Hall–Kier alpha value is -1.06. The van der Waals surface area contributed by atoms with Crippen LogP contribution in [0.5, 0.6) is 5.75 Å². The number of likely N-dealkylation sites (N-methyl/N-ethyl adjacent to an activating group) is 1. The average molecular weight is 269 g/mol. The van der Waals surface area contributed by atoms with Gasteiger partial charge in [0.2, 0.25) is 0 Å². The molecule has 0 spiro atoms. The van der Waals surface area contributed by atoms with Crippen molar-refractivity contribution in [3.63, 3.8) is 0 Å². The molecule has 2 N–H and O–H groups in total. The molecule has 1 aromatic rings. The van der Waals surface area contributed by atoms with E-state index in [1.165, 1.54) is 24.3 Å². The Kier molecular flexibility index (Phi) is 2.58. The lowest BCUT2D eigenvalue weighted by Crippen LogP contribution is -2.42. The minimum absolute atomic E-state index is 0.0496. The van der Waals surface area contributed by atoms with Crippen LogP contribution in [-0.4, -0.2) is 41.2 Å². The molecule has 0 heterocycles. The Labute approximate surface area is 124 Å². The van der Waals surface area contributed by atoms with E-state index in [2.05, 4.69) is 0 Å². The van der Waals surface area contributed by atoms with E-state index in [0.717, 1.165) is 13.5 Å². The van der Waals surface area contributed by atoms with Crippen LogP contribution in [0.25, 0.3) is 0 Å². The van der Waals surface area contributed by atoms with Gasteiger partial charge in [0.1, 0.15) is 5.75 Å². The van der Waals surface area contributed by atoms with Gasteiger partial charge in [-0.15, -0.1) is 0 Å². The van der Waals surface area contributed by atoms with Gasteiger partial charge in [0, 0.05) is 20.6 Å². The molecule has 0 radical (unpaired) electrons. The molecule has 3 heteroatoms. The maximum atomic E-state index is 11.3. The molecule has 3 nitrogen and oxygen atoms in total. The molecular weight excluding hydrogens is 238 g/mol. The predicted molar refractivity (Wildman–Crippen MR) is 77.4 cm³/mol. The maximum absolute atomic E-state index is 11.3. The van der Waals surface area contributed by atoms with Gasteiger partial charge in [-0.05, 0) is 44.6 Å². The highest BCUT2D eigenvalue weighted by molar-refractivity contribution is 5.30. The van der Waals surface area contributed by atoms with E-state index in [1.54, 1.807) is 0 Å². The molecule has 1 aliphatic carbocycles. The van der Waals surface area contributed by atoms with Crippen LogP contribution < -0.4 is 0 Å². The molecule has 0 bridgehead atoms. The number of aromatic hydroxyl groups is 1. The Balaban J connectivity index is 2.65. The van der Waals surface area contributed by atoms with Gasteiger partial charge in [-0.1, -0.05) is 31.4 Å². The standard InChI is InChI=1S/C16H25NO2/c1-17(2)12-15(13-6-8-14(18)9-7-13)16(19)10-4-3-5-11-16/h6-9,15,18-19H,3-5,10-12H2,1-2H3/i1D3,12D2,15D. The lowest BCUT2D eigenvalue weighted by molar-refractivity contribution is -0.0277. The van der Waals surface area contributed by atoms with Crippen molar-refractivity contribution in [2.24, 2.45) is 0 Å². The van der Waals surface area contributed by atoms with Gasteiger partial charge < -0.3 is 15.1 Å². The molecule has 2 rings (SSSR count). The smallest absolute Gasteiger partial charge is 0.115 e. The average Bonchev–Trinajstić information content (AvgIpc) is 2.53. The Morgan fingerprint density at radius 1 is 1.37 bits per heavy atom. The van der Waals surface area contributed by atoms with Crippen LogP contribution in [0.2, 0.25) is 0 Å². The number of nitrogens with zero attached hydrogens (tertiary/aromatic N) is 1. The van der Waals surface area contributed by atoms with Crippen molar-refractivity contribution in [3.8, 4) is 5.75 Å². The largest absolute Gasteiger partial charge is 0.508 e. The fourth-order valence-electron chi connectivity index (χ4n) is 2.62. The second kappa shape index (κ2) is 5.93. The van der Waals surface area contributed by atoms with E-state index < -0.39 is 25.0 Å². The van der Waals surface area contributed by atoms with Crippen molar-refractivity contribution >= 4 is 0 Å². The Morgan fingerprint density at radius 2 is 2.00 bits per heavy atom. The van der Waals surface area contributed by atoms with Gasteiger partial charge in [-0.25, -0.2) is 0 Å². The zero-order chi connectivity index (χ0) is 19.1. The summed E-state index contributed by atoms with van der Waals surface area (Å²) in [7, 11) is 1.10. The topological polar surface area (TPSA) is 43.7 Å². The summed E-state index contributed by atoms with van der Waals surface area (Å²) in [5.74, 6) is -2.29. The highest BCUT2D eigenvalue weighted by Crippen LogP contribution is 2.40. The number of phenols is 1. The van der Waals surface area contributed by atoms with Crippen LogP contribution in [-0.2, 0) is 0 Å². The Morgan fingerprint density at radius 3 is 2.58 bits per heavy atom. The SMILES string of the molecule is [2H]C([2H])([2H])N(C)C([2H])([2H])C([2H])(c1ccc(O)cc1)C1(O)CCCCC1. The highest BCUT2D eigenvalue weighted by atomic mass is 16.3. The normalized spacial score (nSPS) is 28.2. The fraction of sp³-hybridized carbons (Fsp3) is 0.625. The third kappa shape index (κ3) is 3.48. The minimum Gasteiger partial charge on any atom is -0.508 e. The molecule has 0 aromatic heterocycles. The number of rotatable bonds is 4. The second-order valence-corrected chi connectivity index (χ2v) is 5.18. The Bertz CT molecular complexity index is 598. The first-order valence-corrected chi connectivity index (χ1v) is 6.62. The first-order valence-electron chi connectivity index (χ1n) is 9.62. The van der Waals surface area contributed by atoms with Gasteiger partial charge in [-0.2, -0.15) is 0 Å². The van der Waals surface area contributed by atoms with Crippen LogP contribution in [0.15, 0.2) is 24.3 Å². The molecule has 1 atom stereocenters. The van der Waals surface area contributed by atoms with Crippen LogP contribution in [0, 0.1) is 0 Å². The molecule has 1 aliphatic rings. The summed E-state index contributed by atoms with van der Waals surface area (Å²) in [6.07, 6.45) is 2.59. The maximum Gasteiger partial charge on any atom is 0.115 e. The summed E-state index contributed by atoms with van der Waals surface area (Å²) < 4.78 is 48.8. The van der Waals surface area contributed by atoms with E-state index in [-0.39, 0.29) is 24.2 Å². The predicted octanol–water partition coefficient (Wildman–Crippen LogP) is 2.73. The lowest BCUT2D eigenvalue weighted by Gasteiger charge is -2.40. The van der Waals surface area contributed by atoms with Gasteiger partial charge in [0.25, 0.3) is 0 Å². The summed E-state index contributed by atoms with van der Waals surface area (Å²) in [4.78, 5) is 0.534. The molecule has 106 valence electrons. The third-order valence-electron chi connectivity index (χ3n) is 3.58. The van der Waals surface area contributed by atoms with Crippen LogP contribution in [0.1, 0.15) is 51.8 Å². The molecule has 0 aliphatic heterocycles. The van der Waals surface area contributed by atoms with Crippen LogP contribution in [0.3, 0.4) is 0 Å². The van der Waals surface area contributed by atoms with Gasteiger partial charge in [0.15, 0.2) is 0 Å². The summed E-state index contributed by atoms with van der Waals surface area (Å²) in [6.45, 7) is -5.45. The first kappa shape index (κ1) is 8.28. The molecule has 19 heavy (non-hydrogen) atoms. The molecule has 0 saturated heterocycles. The molecule has 1 saturated carbocycles. The molecule has 0 amide bonds. The van der Waals surface area contributed by atoms with Crippen molar-refractivity contribution in [2.75, 3.05) is 20.5 Å². The lowest BCUT2D eigenvalue weighted by atomic mass is 9.72. The zero-order valence-corrected chi connectivity index (χ0v) is 11.2. The number of aliphatic hydroxyl groups is 1. The highest BCUT2D eigenvalue weighted by Gasteiger charge is 2.38. The summed E-state index contributed by atoms with van der Waals surface area (Å²) in [5, 5.41) is 20.8. The first-order chi connectivity index (χ1) is 11.4. The molecule has 1 aromatic carbocycles.